The summed E-state index contributed by atoms with van der Waals surface area (Å²) in [6.45, 7) is 5.11. The second-order valence-electron chi connectivity index (χ2n) is 8.33. The lowest BCUT2D eigenvalue weighted by molar-refractivity contribution is -0.0166. The maximum atomic E-state index is 14.4. The van der Waals surface area contributed by atoms with Gasteiger partial charge in [-0.1, -0.05) is 6.92 Å². The van der Waals surface area contributed by atoms with E-state index in [0.717, 1.165) is 22.3 Å². The smallest absolute Gasteiger partial charge is 0.143 e. The van der Waals surface area contributed by atoms with Crippen LogP contribution in [0.3, 0.4) is 0 Å². The van der Waals surface area contributed by atoms with Gasteiger partial charge in [-0.3, -0.25) is 0 Å². The largest absolute Gasteiger partial charge is 0.487 e. The third-order valence-electron chi connectivity index (χ3n) is 6.45. The predicted molar refractivity (Wildman–Crippen MR) is 109 cm³/mol. The van der Waals surface area contributed by atoms with Gasteiger partial charge >= 0.3 is 0 Å². The van der Waals surface area contributed by atoms with E-state index in [1.165, 1.54) is 12.4 Å². The highest BCUT2D eigenvalue weighted by Gasteiger charge is 2.44. The molecule has 158 valence electrons. The Morgan fingerprint density at radius 3 is 2.87 bits per heavy atom. The third-order valence-corrected chi connectivity index (χ3v) is 6.45. The Kier molecular flexibility index (Phi) is 4.72. The number of benzene rings is 1. The van der Waals surface area contributed by atoms with Crippen molar-refractivity contribution in [3.05, 3.63) is 53.4 Å². The monoisotopic (exact) mass is 412 g/mol. The molecule has 1 aliphatic heterocycles. The summed E-state index contributed by atoms with van der Waals surface area (Å²) in [5.41, 5.74) is 3.03. The molecule has 0 unspecified atom stereocenters. The van der Waals surface area contributed by atoms with Crippen LogP contribution in [0.5, 0.6) is 5.75 Å². The molecule has 1 saturated carbocycles. The lowest BCUT2D eigenvalue weighted by atomic mass is 9.91. The predicted octanol–water partition coefficient (Wildman–Crippen LogP) is 2.20. The molecule has 3 heterocycles. The van der Waals surface area contributed by atoms with Gasteiger partial charge in [0, 0.05) is 42.2 Å². The van der Waals surface area contributed by atoms with E-state index < -0.39 is 18.3 Å². The van der Waals surface area contributed by atoms with Gasteiger partial charge in [-0.25, -0.2) is 14.4 Å². The number of nitrogens with zero attached hydrogens (tertiary/aromatic N) is 3. The molecule has 3 aromatic rings. The molecule has 2 aromatic heterocycles. The van der Waals surface area contributed by atoms with Crippen LogP contribution in [0.1, 0.15) is 42.1 Å². The first kappa shape index (κ1) is 19.4. The highest BCUT2D eigenvalue weighted by atomic mass is 19.1. The van der Waals surface area contributed by atoms with Crippen LogP contribution in [0.4, 0.5) is 4.39 Å². The van der Waals surface area contributed by atoms with Crippen LogP contribution in [0.25, 0.3) is 11.0 Å². The quantitative estimate of drug-likeness (QED) is 0.611. The normalized spacial score (nSPS) is 28.6. The number of hydrogen-bond donors (Lipinski definition) is 3. The highest BCUT2D eigenvalue weighted by Crippen LogP contribution is 2.39. The highest BCUT2D eigenvalue weighted by molar-refractivity contribution is 5.78. The van der Waals surface area contributed by atoms with Crippen LogP contribution >= 0.6 is 0 Å². The number of rotatable bonds is 3. The summed E-state index contributed by atoms with van der Waals surface area (Å²) in [5.74, 6) is 0.362. The van der Waals surface area contributed by atoms with Crippen LogP contribution in [0.2, 0.25) is 0 Å². The summed E-state index contributed by atoms with van der Waals surface area (Å²) in [6, 6.07) is 4.57. The summed E-state index contributed by atoms with van der Waals surface area (Å²) in [7, 11) is 0. The van der Waals surface area contributed by atoms with Crippen molar-refractivity contribution < 1.29 is 19.3 Å². The van der Waals surface area contributed by atoms with E-state index in [2.05, 4.69) is 15.3 Å². The van der Waals surface area contributed by atoms with Crippen molar-refractivity contribution in [2.45, 2.75) is 57.1 Å². The van der Waals surface area contributed by atoms with Gasteiger partial charge < -0.3 is 24.8 Å². The van der Waals surface area contributed by atoms with Gasteiger partial charge in [0.15, 0.2) is 0 Å². The summed E-state index contributed by atoms with van der Waals surface area (Å²) < 4.78 is 22.4. The molecular weight excluding hydrogens is 387 g/mol. The molecule has 3 N–H and O–H groups in total. The molecule has 0 amide bonds. The number of fused-ring (bicyclic) bond motifs is 2. The molecule has 5 rings (SSSR count). The zero-order valence-corrected chi connectivity index (χ0v) is 16.9. The summed E-state index contributed by atoms with van der Waals surface area (Å²) in [6.07, 6.45) is 1.08. The molecular formula is C22H25FN4O3. The fourth-order valence-electron chi connectivity index (χ4n) is 4.85. The van der Waals surface area contributed by atoms with E-state index in [9.17, 15) is 14.6 Å². The second kappa shape index (κ2) is 7.30. The molecule has 0 spiro atoms. The van der Waals surface area contributed by atoms with Crippen LogP contribution in [-0.2, 0) is 6.54 Å². The van der Waals surface area contributed by atoms with Crippen molar-refractivity contribution in [3.63, 3.8) is 0 Å². The van der Waals surface area contributed by atoms with Crippen molar-refractivity contribution in [2.24, 2.45) is 0 Å². The van der Waals surface area contributed by atoms with Crippen LogP contribution in [-0.4, -0.2) is 49.6 Å². The van der Waals surface area contributed by atoms with Gasteiger partial charge in [0.25, 0.3) is 0 Å². The third kappa shape index (κ3) is 2.98. The Morgan fingerprint density at radius 2 is 2.03 bits per heavy atom. The van der Waals surface area contributed by atoms with Gasteiger partial charge in [-0.15, -0.1) is 0 Å². The van der Waals surface area contributed by atoms with E-state index in [1.54, 1.807) is 6.07 Å². The minimum absolute atomic E-state index is 0.0401. The molecule has 0 saturated heterocycles. The van der Waals surface area contributed by atoms with E-state index >= 15 is 0 Å². The lowest BCUT2D eigenvalue weighted by Crippen LogP contribution is -2.35. The zero-order chi connectivity index (χ0) is 21.0. The molecule has 7 nitrogen and oxygen atoms in total. The number of hydrogen-bond acceptors (Lipinski definition) is 6. The Bertz CT molecular complexity index is 1100. The summed E-state index contributed by atoms with van der Waals surface area (Å²) >= 11 is 0. The molecule has 1 aromatic carbocycles. The number of aliphatic hydroxyl groups is 2. The number of ether oxygens (including phenoxy) is 1. The fraction of sp³-hybridized carbons (Fsp3) is 0.455. The molecule has 5 atom stereocenters. The van der Waals surface area contributed by atoms with Gasteiger partial charge in [0.2, 0.25) is 0 Å². The van der Waals surface area contributed by atoms with Crippen molar-refractivity contribution in [2.75, 3.05) is 6.54 Å². The standard InChI is InChI=1S/C22H25FN4O3/c1-11-8-24-9-14-17(4-3-15(23)19(11)14)30-18-7-16(20(28)21(18)29)27-6-5-13-12(2)25-10-26-22(13)27/h3-6,10-11,16,18,20-21,24,28-29H,7-9H2,1-2H3/t11-,16+,18-,20-,21+/m0/s1. The summed E-state index contributed by atoms with van der Waals surface area (Å²) in [5, 5.41) is 25.7. The second-order valence-corrected chi connectivity index (χ2v) is 8.33. The van der Waals surface area contributed by atoms with Gasteiger partial charge in [-0.05, 0) is 31.0 Å². The zero-order valence-electron chi connectivity index (χ0n) is 16.9. The maximum Gasteiger partial charge on any atom is 0.143 e. The first-order valence-electron chi connectivity index (χ1n) is 10.3. The number of nitrogens with one attached hydrogen (secondary N) is 1. The average Bonchev–Trinajstić information content (AvgIpc) is 3.27. The Labute approximate surface area is 173 Å². The van der Waals surface area contributed by atoms with Crippen molar-refractivity contribution >= 4 is 11.0 Å². The Balaban J connectivity index is 1.45. The van der Waals surface area contributed by atoms with Crippen molar-refractivity contribution in [1.82, 2.24) is 19.9 Å². The first-order chi connectivity index (χ1) is 14.5. The summed E-state index contributed by atoms with van der Waals surface area (Å²) in [4.78, 5) is 8.57. The van der Waals surface area contributed by atoms with Gasteiger partial charge in [0.05, 0.1) is 11.7 Å². The molecule has 0 radical (unpaired) electrons. The number of aromatic nitrogens is 3. The molecule has 1 aliphatic carbocycles. The molecule has 8 heteroatoms. The number of aryl methyl sites for hydroxylation is 1. The maximum absolute atomic E-state index is 14.4. The Hall–Kier alpha value is -2.55. The van der Waals surface area contributed by atoms with Gasteiger partial charge in [0.1, 0.15) is 41.9 Å². The lowest BCUT2D eigenvalue weighted by Gasteiger charge is -2.28. The molecule has 2 aliphatic rings. The SMILES string of the molecule is Cc1ncnc2c1ccn2[C@@H]1C[C@H](Oc2ccc(F)c3c2CNC[C@@H]3C)[C@@H](O)[C@H]1O. The average molecular weight is 412 g/mol. The molecule has 30 heavy (non-hydrogen) atoms. The van der Waals surface area contributed by atoms with E-state index in [0.29, 0.717) is 30.8 Å². The van der Waals surface area contributed by atoms with Crippen LogP contribution in [0.15, 0.2) is 30.7 Å². The minimum atomic E-state index is -1.06. The van der Waals surface area contributed by atoms with E-state index in [-0.39, 0.29) is 17.8 Å². The Morgan fingerprint density at radius 1 is 1.20 bits per heavy atom. The molecule has 1 fully saturated rings. The van der Waals surface area contributed by atoms with Crippen molar-refractivity contribution in [1.29, 1.82) is 0 Å². The molecule has 0 bridgehead atoms. The fourth-order valence-corrected chi connectivity index (χ4v) is 4.85. The van der Waals surface area contributed by atoms with E-state index in [4.69, 9.17) is 4.74 Å². The van der Waals surface area contributed by atoms with Crippen LogP contribution < -0.4 is 10.1 Å². The van der Waals surface area contributed by atoms with Gasteiger partial charge in [-0.2, -0.15) is 0 Å². The number of aliphatic hydroxyl groups excluding tert-OH is 2. The van der Waals surface area contributed by atoms with Crippen LogP contribution in [0, 0.1) is 12.7 Å². The topological polar surface area (TPSA) is 92.4 Å². The van der Waals surface area contributed by atoms with Crippen molar-refractivity contribution in [3.8, 4) is 5.75 Å². The number of halogens is 1. The first-order valence-corrected chi connectivity index (χ1v) is 10.3. The minimum Gasteiger partial charge on any atom is -0.487 e. The van der Waals surface area contributed by atoms with E-state index in [1.807, 2.05) is 30.7 Å².